The molecule has 0 aliphatic heterocycles. The molecular weight excluding hydrogens is 789 g/mol. The molecule has 6 aromatic carbocycles. The highest BCUT2D eigenvalue weighted by Gasteiger charge is 2.21. The van der Waals surface area contributed by atoms with Gasteiger partial charge in [0.05, 0.1) is 15.7 Å². The summed E-state index contributed by atoms with van der Waals surface area (Å²) in [6.07, 6.45) is 23.8. The Balaban J connectivity index is 0.000000340. The first-order chi connectivity index (χ1) is 28.6. The summed E-state index contributed by atoms with van der Waals surface area (Å²) in [5, 5.41) is 5.20. The van der Waals surface area contributed by atoms with Crippen LogP contribution in [0.3, 0.4) is 0 Å². The van der Waals surface area contributed by atoms with Gasteiger partial charge in [0.1, 0.15) is 0 Å². The second-order valence-electron chi connectivity index (χ2n) is 14.5. The number of anilines is 3. The number of aromatic nitrogens is 1. The van der Waals surface area contributed by atoms with Gasteiger partial charge < -0.3 is 9.47 Å². The fraction of sp³-hybridized carbons (Fsp3) is 0.111. The van der Waals surface area contributed by atoms with Crippen molar-refractivity contribution < 1.29 is 0 Å². The smallest absolute Gasteiger partial charge is 0.0719 e. The summed E-state index contributed by atoms with van der Waals surface area (Å²) >= 11 is 5.68. The van der Waals surface area contributed by atoms with Crippen LogP contribution in [0.1, 0.15) is 39.5 Å². The van der Waals surface area contributed by atoms with Crippen LogP contribution in [-0.2, 0) is 0 Å². The topological polar surface area (TPSA) is 8.17 Å². The molecule has 0 saturated carbocycles. The van der Waals surface area contributed by atoms with Gasteiger partial charge >= 0.3 is 0 Å². The van der Waals surface area contributed by atoms with Gasteiger partial charge in [-0.2, -0.15) is 0 Å². The monoisotopic (exact) mass is 834 g/mol. The van der Waals surface area contributed by atoms with E-state index in [1.807, 2.05) is 30.4 Å². The third-order valence-corrected chi connectivity index (χ3v) is 12.4. The van der Waals surface area contributed by atoms with Crippen LogP contribution in [-0.4, -0.2) is 4.57 Å². The molecule has 0 N–H and O–H groups in total. The average molecular weight is 836 g/mol. The summed E-state index contributed by atoms with van der Waals surface area (Å²) in [7, 11) is 0. The van der Waals surface area contributed by atoms with Crippen LogP contribution < -0.4 is 4.90 Å². The van der Waals surface area contributed by atoms with E-state index in [0.29, 0.717) is 0 Å². The molecule has 0 amide bonds. The minimum Gasteiger partial charge on any atom is -0.310 e. The molecule has 10 rings (SSSR count). The summed E-state index contributed by atoms with van der Waals surface area (Å²) in [5.41, 5.74) is 10.9. The maximum atomic E-state index is 3.77. The van der Waals surface area contributed by atoms with Gasteiger partial charge in [-0.3, -0.25) is 0 Å². The molecule has 0 bridgehead atoms. The molecule has 0 unspecified atom stereocenters. The molecule has 2 aliphatic rings. The van der Waals surface area contributed by atoms with E-state index < -0.39 is 0 Å². The second kappa shape index (κ2) is 18.1. The van der Waals surface area contributed by atoms with Gasteiger partial charge in [-0.05, 0) is 111 Å². The second-order valence-corrected chi connectivity index (χ2v) is 16.4. The number of hydrogen-bond acceptors (Lipinski definition) is 2. The Morgan fingerprint density at radius 3 is 2.09 bits per heavy atom. The fourth-order valence-electron chi connectivity index (χ4n) is 7.85. The van der Waals surface area contributed by atoms with Crippen molar-refractivity contribution >= 4 is 92.0 Å². The molecule has 0 saturated heterocycles. The molecule has 8 aromatic rings. The Bertz CT molecular complexity index is 2900. The van der Waals surface area contributed by atoms with E-state index >= 15 is 0 Å². The predicted octanol–water partition coefficient (Wildman–Crippen LogP) is 17.3. The van der Waals surface area contributed by atoms with E-state index in [1.165, 1.54) is 77.2 Å². The Morgan fingerprint density at radius 1 is 0.655 bits per heavy atom. The van der Waals surface area contributed by atoms with Crippen LogP contribution in [0, 0.1) is 0 Å². The average Bonchev–Trinajstić information content (AvgIpc) is 3.82. The van der Waals surface area contributed by atoms with Gasteiger partial charge in [0.15, 0.2) is 0 Å². The van der Waals surface area contributed by atoms with Crippen LogP contribution in [0.25, 0.3) is 58.8 Å². The summed E-state index contributed by atoms with van der Waals surface area (Å²) < 4.78 is 6.27. The van der Waals surface area contributed by atoms with Crippen molar-refractivity contribution in [3.8, 4) is 11.1 Å². The Hall–Kier alpha value is -5.94. The van der Waals surface area contributed by atoms with Crippen molar-refractivity contribution in [3.63, 3.8) is 0 Å². The van der Waals surface area contributed by atoms with Gasteiger partial charge in [-0.15, -0.1) is 11.3 Å². The quantitative estimate of drug-likeness (QED) is 0.152. The van der Waals surface area contributed by atoms with Crippen LogP contribution >= 0.6 is 27.3 Å². The standard InChI is InChI=1S/C42H29BrN2S.C7H10.C5H8/c43-38-20-9-7-18-33(38)28-12-11-17-31(26-28)44(29-13-3-1-4-14-29)32-22-25-39-37(27-32)35-23-24-36-34-19-8-10-21-40(34)46-42(36)41(35)45(39)30-15-5-2-6-16-30;1-7-5-3-2-4-6-7;1-3-5-4-2/h1,3-5,7-27H,2,6H2;3,5-6H,2,4H2,1H3;3-5H,1H2,2H3/b;;5-4-. The predicted molar refractivity (Wildman–Crippen MR) is 260 cm³/mol. The number of fused-ring (bicyclic) bond motifs is 7. The van der Waals surface area contributed by atoms with E-state index in [0.717, 1.165) is 34.4 Å². The lowest BCUT2D eigenvalue weighted by Gasteiger charge is -2.26. The lowest BCUT2D eigenvalue weighted by Crippen LogP contribution is -2.10. The molecule has 0 fully saturated rings. The minimum atomic E-state index is 1.06. The van der Waals surface area contributed by atoms with Crippen molar-refractivity contribution in [2.45, 2.75) is 39.5 Å². The Kier molecular flexibility index (Phi) is 12.1. The molecule has 2 aromatic heterocycles. The molecular formula is C54H47BrN2S. The number of hydrogen-bond donors (Lipinski definition) is 0. The van der Waals surface area contributed by atoms with Gasteiger partial charge in [-0.1, -0.05) is 156 Å². The van der Waals surface area contributed by atoms with Crippen molar-refractivity contribution in [1.29, 1.82) is 0 Å². The summed E-state index contributed by atoms with van der Waals surface area (Å²) in [6, 6.07) is 48.4. The first kappa shape index (κ1) is 38.9. The third-order valence-electron chi connectivity index (χ3n) is 10.6. The third kappa shape index (κ3) is 8.09. The Morgan fingerprint density at radius 2 is 1.38 bits per heavy atom. The fourth-order valence-corrected chi connectivity index (χ4v) is 9.61. The summed E-state index contributed by atoms with van der Waals surface area (Å²) in [4.78, 5) is 2.38. The van der Waals surface area contributed by atoms with Gasteiger partial charge in [0.2, 0.25) is 0 Å². The van der Waals surface area contributed by atoms with Crippen molar-refractivity contribution in [3.05, 3.63) is 205 Å². The molecule has 0 atom stereocenters. The zero-order chi connectivity index (χ0) is 39.8. The van der Waals surface area contributed by atoms with Crippen molar-refractivity contribution in [1.82, 2.24) is 4.57 Å². The number of benzene rings is 6. The number of allylic oxidation sites excluding steroid dienone is 11. The van der Waals surface area contributed by atoms with E-state index in [-0.39, 0.29) is 0 Å². The molecule has 2 heterocycles. The van der Waals surface area contributed by atoms with Crippen molar-refractivity contribution in [2.24, 2.45) is 0 Å². The van der Waals surface area contributed by atoms with Crippen LogP contribution in [0.4, 0.5) is 17.1 Å². The zero-order valence-corrected chi connectivity index (χ0v) is 35.5. The zero-order valence-electron chi connectivity index (χ0n) is 33.1. The lowest BCUT2D eigenvalue weighted by molar-refractivity contribution is 1.02. The lowest BCUT2D eigenvalue weighted by atomic mass is 10.0. The molecule has 2 aliphatic carbocycles. The number of thiophene rings is 1. The van der Waals surface area contributed by atoms with Crippen molar-refractivity contribution in [2.75, 3.05) is 4.90 Å². The van der Waals surface area contributed by atoms with E-state index in [1.54, 1.807) is 6.08 Å². The Labute approximate surface area is 354 Å². The van der Waals surface area contributed by atoms with Crippen LogP contribution in [0.5, 0.6) is 0 Å². The molecule has 2 nitrogen and oxygen atoms in total. The number of halogens is 1. The molecule has 286 valence electrons. The first-order valence-electron chi connectivity index (χ1n) is 20.1. The number of nitrogens with zero attached hydrogens (tertiary/aromatic N) is 2. The minimum absolute atomic E-state index is 1.06. The van der Waals surface area contributed by atoms with Crippen LogP contribution in [0.2, 0.25) is 0 Å². The maximum absolute atomic E-state index is 3.77. The highest BCUT2D eigenvalue weighted by molar-refractivity contribution is 9.10. The molecule has 0 radical (unpaired) electrons. The van der Waals surface area contributed by atoms with Crippen LogP contribution in [0.15, 0.2) is 205 Å². The maximum Gasteiger partial charge on any atom is 0.0719 e. The molecule has 4 heteroatoms. The van der Waals surface area contributed by atoms with E-state index in [4.69, 9.17) is 0 Å². The highest BCUT2D eigenvalue weighted by Crippen LogP contribution is 2.45. The van der Waals surface area contributed by atoms with E-state index in [2.05, 4.69) is 209 Å². The number of rotatable bonds is 6. The summed E-state index contributed by atoms with van der Waals surface area (Å²) in [6.45, 7) is 7.56. The highest BCUT2D eigenvalue weighted by atomic mass is 79.9. The normalized spacial score (nSPS) is 13.6. The van der Waals surface area contributed by atoms with Gasteiger partial charge in [-0.25, -0.2) is 0 Å². The largest absolute Gasteiger partial charge is 0.310 e. The SMILES string of the molecule is Brc1ccccc1-c1cccc(N(c2ccccc2)c2ccc3c(c2)c2ccc4c5ccccc5sc4c2n3C2=CCCC=C2)c1.C=C/C=C\C.CC1=CCCC=C1. The van der Waals surface area contributed by atoms with Gasteiger partial charge in [0.25, 0.3) is 0 Å². The van der Waals surface area contributed by atoms with Gasteiger partial charge in [0, 0.05) is 53.5 Å². The number of para-hydroxylation sites is 1. The molecule has 0 spiro atoms. The molecule has 58 heavy (non-hydrogen) atoms. The first-order valence-corrected chi connectivity index (χ1v) is 21.7. The summed E-state index contributed by atoms with van der Waals surface area (Å²) in [5.74, 6) is 0. The van der Waals surface area contributed by atoms with E-state index in [9.17, 15) is 0 Å².